The lowest BCUT2D eigenvalue weighted by molar-refractivity contribution is 0.0214. The molecule has 0 aromatic carbocycles. The Bertz CT molecular complexity index is 543. The fraction of sp³-hybridized carbons (Fsp3) is 0.643. The molecule has 0 saturated carbocycles. The second kappa shape index (κ2) is 5.12. The summed E-state index contributed by atoms with van der Waals surface area (Å²) >= 11 is 3.29. The third-order valence-corrected chi connectivity index (χ3v) is 4.20. The number of piperazine rings is 1. The minimum atomic E-state index is -0.449. The molecule has 7 heteroatoms. The Morgan fingerprint density at radius 1 is 1.29 bits per heavy atom. The predicted octanol–water partition coefficient (Wildman–Crippen LogP) is 2.44. The highest BCUT2D eigenvalue weighted by Gasteiger charge is 2.47. The number of nitrogens with zero attached hydrogens (tertiary/aromatic N) is 4. The Morgan fingerprint density at radius 3 is 2.57 bits per heavy atom. The van der Waals surface area contributed by atoms with Gasteiger partial charge in [-0.05, 0) is 55.3 Å². The van der Waals surface area contributed by atoms with E-state index in [-0.39, 0.29) is 12.1 Å². The molecule has 2 fully saturated rings. The van der Waals surface area contributed by atoms with Gasteiger partial charge in [0.15, 0.2) is 5.82 Å². The maximum Gasteiger partial charge on any atom is 0.410 e. The second-order valence-corrected chi connectivity index (χ2v) is 7.36. The van der Waals surface area contributed by atoms with E-state index in [0.717, 1.165) is 23.4 Å². The zero-order valence-electron chi connectivity index (χ0n) is 12.4. The van der Waals surface area contributed by atoms with Crippen molar-refractivity contribution in [2.45, 2.75) is 44.9 Å². The van der Waals surface area contributed by atoms with Crippen LogP contribution in [-0.4, -0.2) is 52.0 Å². The molecule has 1 aromatic heterocycles. The molecule has 3 rings (SSSR count). The molecule has 0 N–H and O–H groups in total. The number of hydrogen-bond acceptors (Lipinski definition) is 5. The number of amides is 1. The SMILES string of the molecule is CC(C)(C)OC(=O)N1C[C@@H]2C[C@H]1CN2c1ccc(Br)nn1. The number of anilines is 1. The maximum absolute atomic E-state index is 12.2. The molecule has 0 unspecified atom stereocenters. The fourth-order valence-corrected chi connectivity index (χ4v) is 3.17. The summed E-state index contributed by atoms with van der Waals surface area (Å²) in [6.45, 7) is 7.16. The summed E-state index contributed by atoms with van der Waals surface area (Å²) in [6, 6.07) is 4.35. The van der Waals surface area contributed by atoms with Crippen LogP contribution in [0.15, 0.2) is 16.7 Å². The Kier molecular flexibility index (Phi) is 3.55. The van der Waals surface area contributed by atoms with Crippen molar-refractivity contribution in [1.82, 2.24) is 15.1 Å². The first-order chi connectivity index (χ1) is 9.83. The van der Waals surface area contributed by atoms with Gasteiger partial charge in [0, 0.05) is 13.1 Å². The molecule has 1 amide bonds. The van der Waals surface area contributed by atoms with E-state index in [1.807, 2.05) is 37.8 Å². The Balaban J connectivity index is 1.66. The average molecular weight is 355 g/mol. The quantitative estimate of drug-likeness (QED) is 0.775. The number of carbonyl (C=O) groups excluding carboxylic acids is 1. The van der Waals surface area contributed by atoms with E-state index in [4.69, 9.17) is 4.74 Å². The highest BCUT2D eigenvalue weighted by atomic mass is 79.9. The van der Waals surface area contributed by atoms with Gasteiger partial charge >= 0.3 is 6.09 Å². The van der Waals surface area contributed by atoms with Gasteiger partial charge in [-0.15, -0.1) is 10.2 Å². The van der Waals surface area contributed by atoms with Crippen molar-refractivity contribution in [3.63, 3.8) is 0 Å². The number of ether oxygens (including phenoxy) is 1. The summed E-state index contributed by atoms with van der Waals surface area (Å²) in [5.74, 6) is 0.870. The molecule has 0 spiro atoms. The van der Waals surface area contributed by atoms with Crippen LogP contribution < -0.4 is 4.90 Å². The van der Waals surface area contributed by atoms with Crippen LogP contribution in [0.2, 0.25) is 0 Å². The second-order valence-electron chi connectivity index (χ2n) is 6.54. The number of fused-ring (bicyclic) bond motifs is 2. The van der Waals surface area contributed by atoms with Crippen LogP contribution in [0.1, 0.15) is 27.2 Å². The molecule has 0 aliphatic carbocycles. The maximum atomic E-state index is 12.2. The Hall–Kier alpha value is -1.37. The summed E-state index contributed by atoms with van der Waals surface area (Å²) in [4.78, 5) is 16.3. The van der Waals surface area contributed by atoms with Gasteiger partial charge in [-0.1, -0.05) is 0 Å². The number of halogens is 1. The van der Waals surface area contributed by atoms with Gasteiger partial charge < -0.3 is 14.5 Å². The lowest BCUT2D eigenvalue weighted by atomic mass is 10.2. The molecular weight excluding hydrogens is 336 g/mol. The Labute approximate surface area is 132 Å². The molecule has 0 radical (unpaired) electrons. The van der Waals surface area contributed by atoms with E-state index in [1.165, 1.54) is 0 Å². The van der Waals surface area contributed by atoms with Crippen LogP contribution in [0.25, 0.3) is 0 Å². The Morgan fingerprint density at radius 2 is 2.05 bits per heavy atom. The summed E-state index contributed by atoms with van der Waals surface area (Å²) in [5, 5.41) is 8.23. The molecule has 2 atom stereocenters. The number of hydrogen-bond donors (Lipinski definition) is 0. The van der Waals surface area contributed by atoms with Crippen molar-refractivity contribution in [1.29, 1.82) is 0 Å². The van der Waals surface area contributed by atoms with Crippen molar-refractivity contribution >= 4 is 27.8 Å². The molecule has 1 aromatic rings. The van der Waals surface area contributed by atoms with Crippen molar-refractivity contribution in [3.8, 4) is 0 Å². The summed E-state index contributed by atoms with van der Waals surface area (Å²) < 4.78 is 6.19. The van der Waals surface area contributed by atoms with E-state index in [1.54, 1.807) is 0 Å². The lowest BCUT2D eigenvalue weighted by Crippen LogP contribution is -2.50. The van der Waals surface area contributed by atoms with Gasteiger partial charge in [0.1, 0.15) is 10.2 Å². The molecule has 2 saturated heterocycles. The highest BCUT2D eigenvalue weighted by Crippen LogP contribution is 2.34. The van der Waals surface area contributed by atoms with Gasteiger partial charge in [0.25, 0.3) is 0 Å². The standard InChI is InChI=1S/C14H19BrN4O2/c1-14(2,3)21-13(20)19-8-9-6-10(19)7-18(9)12-5-4-11(15)16-17-12/h4-5,9-10H,6-8H2,1-3H3/t9-,10-/m0/s1. The molecule has 21 heavy (non-hydrogen) atoms. The fourth-order valence-electron chi connectivity index (χ4n) is 2.95. The molecule has 114 valence electrons. The van der Waals surface area contributed by atoms with Crippen molar-refractivity contribution in [3.05, 3.63) is 16.7 Å². The van der Waals surface area contributed by atoms with E-state index in [0.29, 0.717) is 12.6 Å². The predicted molar refractivity (Wildman–Crippen MR) is 82.2 cm³/mol. The molecular formula is C14H19BrN4O2. The number of aromatic nitrogens is 2. The summed E-state index contributed by atoms with van der Waals surface area (Å²) in [6.07, 6.45) is 0.758. The molecule has 2 aliphatic rings. The van der Waals surface area contributed by atoms with Crippen molar-refractivity contribution < 1.29 is 9.53 Å². The van der Waals surface area contributed by atoms with E-state index >= 15 is 0 Å². The lowest BCUT2D eigenvalue weighted by Gasteiger charge is -2.35. The number of likely N-dealkylation sites (tertiary alicyclic amines) is 1. The first-order valence-electron chi connectivity index (χ1n) is 7.09. The van der Waals surface area contributed by atoms with Crippen LogP contribution in [0.4, 0.5) is 10.6 Å². The van der Waals surface area contributed by atoms with Crippen LogP contribution in [-0.2, 0) is 4.74 Å². The van der Waals surface area contributed by atoms with Crippen LogP contribution in [0.3, 0.4) is 0 Å². The monoisotopic (exact) mass is 354 g/mol. The van der Waals surface area contributed by atoms with E-state index < -0.39 is 5.60 Å². The van der Waals surface area contributed by atoms with Gasteiger partial charge in [0.2, 0.25) is 0 Å². The largest absolute Gasteiger partial charge is 0.444 e. The van der Waals surface area contributed by atoms with Crippen LogP contribution in [0.5, 0.6) is 0 Å². The van der Waals surface area contributed by atoms with Gasteiger partial charge in [-0.3, -0.25) is 0 Å². The summed E-state index contributed by atoms with van der Waals surface area (Å²) in [5.41, 5.74) is -0.449. The summed E-state index contributed by atoms with van der Waals surface area (Å²) in [7, 11) is 0. The van der Waals surface area contributed by atoms with E-state index in [9.17, 15) is 4.79 Å². The zero-order chi connectivity index (χ0) is 15.2. The van der Waals surface area contributed by atoms with Crippen molar-refractivity contribution in [2.75, 3.05) is 18.0 Å². The zero-order valence-corrected chi connectivity index (χ0v) is 14.0. The minimum absolute atomic E-state index is 0.204. The van der Waals surface area contributed by atoms with Gasteiger partial charge in [0.05, 0.1) is 12.1 Å². The molecule has 2 aliphatic heterocycles. The minimum Gasteiger partial charge on any atom is -0.444 e. The first-order valence-corrected chi connectivity index (χ1v) is 7.88. The topological polar surface area (TPSA) is 58.6 Å². The first kappa shape index (κ1) is 14.6. The molecule has 2 bridgehead atoms. The highest BCUT2D eigenvalue weighted by molar-refractivity contribution is 9.10. The third kappa shape index (κ3) is 2.97. The van der Waals surface area contributed by atoms with Gasteiger partial charge in [-0.25, -0.2) is 4.79 Å². The molecule has 6 nitrogen and oxygen atoms in total. The molecule has 3 heterocycles. The average Bonchev–Trinajstić information content (AvgIpc) is 2.97. The van der Waals surface area contributed by atoms with Crippen LogP contribution in [0, 0.1) is 0 Å². The number of rotatable bonds is 1. The third-order valence-electron chi connectivity index (χ3n) is 3.78. The smallest absolute Gasteiger partial charge is 0.410 e. The van der Waals surface area contributed by atoms with Gasteiger partial charge in [-0.2, -0.15) is 0 Å². The normalized spacial score (nSPS) is 24.6. The number of carbonyl (C=O) groups is 1. The van der Waals surface area contributed by atoms with E-state index in [2.05, 4.69) is 31.0 Å². The van der Waals surface area contributed by atoms with Crippen molar-refractivity contribution in [2.24, 2.45) is 0 Å². The van der Waals surface area contributed by atoms with Crippen LogP contribution >= 0.6 is 15.9 Å².